The first-order chi connectivity index (χ1) is 6.86. The number of pyridine rings is 1. The fraction of sp³-hybridized carbons (Fsp3) is 0.417. The van der Waals surface area contributed by atoms with E-state index in [4.69, 9.17) is 0 Å². The molecule has 0 fully saturated rings. The molecule has 1 aromatic heterocycles. The first-order valence-electron chi connectivity index (χ1n) is 5.14. The third-order valence-corrected chi connectivity index (χ3v) is 2.74. The van der Waals surface area contributed by atoms with Crippen molar-refractivity contribution in [2.45, 2.75) is 19.8 Å². The van der Waals surface area contributed by atoms with E-state index in [9.17, 15) is 0 Å². The summed E-state index contributed by atoms with van der Waals surface area (Å²) in [6.07, 6.45) is 4.04. The van der Waals surface area contributed by atoms with Gasteiger partial charge in [0.1, 0.15) is 0 Å². The third kappa shape index (κ3) is 2.20. The van der Waals surface area contributed by atoms with Gasteiger partial charge in [0.05, 0.1) is 0 Å². The molecular formula is C12H16N2. The molecule has 1 aliphatic heterocycles. The van der Waals surface area contributed by atoms with Crippen LogP contribution in [0.25, 0.3) is 0 Å². The SMILES string of the molecule is CC1=C(Cc2ccccn2)CNCC1. The molecule has 0 saturated carbocycles. The first-order valence-corrected chi connectivity index (χ1v) is 5.14. The van der Waals surface area contributed by atoms with Crippen molar-refractivity contribution in [3.05, 3.63) is 41.2 Å². The minimum absolute atomic E-state index is 1.000. The topological polar surface area (TPSA) is 24.9 Å². The number of nitrogens with zero attached hydrogens (tertiary/aromatic N) is 1. The maximum absolute atomic E-state index is 4.35. The average Bonchev–Trinajstić information content (AvgIpc) is 2.23. The Morgan fingerprint density at radius 1 is 1.43 bits per heavy atom. The molecule has 0 aromatic carbocycles. The molecule has 0 aliphatic carbocycles. The van der Waals surface area contributed by atoms with E-state index in [0.29, 0.717) is 0 Å². The van der Waals surface area contributed by atoms with Gasteiger partial charge >= 0.3 is 0 Å². The highest BCUT2D eigenvalue weighted by Crippen LogP contribution is 2.15. The van der Waals surface area contributed by atoms with E-state index in [2.05, 4.69) is 29.4 Å². The molecule has 0 bridgehead atoms. The van der Waals surface area contributed by atoms with Gasteiger partial charge in [0.2, 0.25) is 0 Å². The van der Waals surface area contributed by atoms with Crippen LogP contribution in [-0.4, -0.2) is 18.1 Å². The maximum Gasteiger partial charge on any atom is 0.0444 e. The van der Waals surface area contributed by atoms with Crippen LogP contribution in [0.5, 0.6) is 0 Å². The van der Waals surface area contributed by atoms with Crippen molar-refractivity contribution < 1.29 is 0 Å². The van der Waals surface area contributed by atoms with Crippen LogP contribution >= 0.6 is 0 Å². The Balaban J connectivity index is 2.10. The van der Waals surface area contributed by atoms with Crippen LogP contribution in [0, 0.1) is 0 Å². The number of nitrogens with one attached hydrogen (secondary N) is 1. The predicted octanol–water partition coefficient (Wildman–Crippen LogP) is 1.93. The summed E-state index contributed by atoms with van der Waals surface area (Å²) in [6.45, 7) is 4.39. The Bertz CT molecular complexity index is 327. The summed E-state index contributed by atoms with van der Waals surface area (Å²) in [7, 11) is 0. The summed E-state index contributed by atoms with van der Waals surface area (Å²) in [5.74, 6) is 0. The number of hydrogen-bond donors (Lipinski definition) is 1. The van der Waals surface area contributed by atoms with Crippen LogP contribution in [0.1, 0.15) is 19.0 Å². The lowest BCUT2D eigenvalue weighted by atomic mass is 9.99. The molecule has 74 valence electrons. The molecule has 14 heavy (non-hydrogen) atoms. The van der Waals surface area contributed by atoms with Crippen molar-refractivity contribution in [3.63, 3.8) is 0 Å². The van der Waals surface area contributed by atoms with Crippen molar-refractivity contribution >= 4 is 0 Å². The van der Waals surface area contributed by atoms with Gasteiger partial charge in [-0.25, -0.2) is 0 Å². The lowest BCUT2D eigenvalue weighted by Gasteiger charge is -2.18. The number of hydrogen-bond acceptors (Lipinski definition) is 2. The zero-order valence-electron chi connectivity index (χ0n) is 8.59. The molecule has 0 radical (unpaired) electrons. The summed E-state index contributed by atoms with van der Waals surface area (Å²) >= 11 is 0. The van der Waals surface area contributed by atoms with Gasteiger partial charge in [-0.05, 0) is 32.0 Å². The second-order valence-electron chi connectivity index (χ2n) is 3.81. The molecule has 0 amide bonds. The molecular weight excluding hydrogens is 172 g/mol. The van der Waals surface area contributed by atoms with Gasteiger partial charge in [0, 0.05) is 24.9 Å². The standard InChI is InChI=1S/C12H16N2/c1-10-5-7-13-9-11(10)8-12-4-2-3-6-14-12/h2-4,6,13H,5,7-9H2,1H3. The quantitative estimate of drug-likeness (QED) is 0.717. The molecule has 2 heterocycles. The van der Waals surface area contributed by atoms with E-state index in [1.54, 1.807) is 0 Å². The van der Waals surface area contributed by atoms with Crippen LogP contribution in [0.2, 0.25) is 0 Å². The van der Waals surface area contributed by atoms with Crippen molar-refractivity contribution in [2.75, 3.05) is 13.1 Å². The molecule has 1 N–H and O–H groups in total. The molecule has 2 heteroatoms. The lowest BCUT2D eigenvalue weighted by Crippen LogP contribution is -2.25. The van der Waals surface area contributed by atoms with Gasteiger partial charge in [0.15, 0.2) is 0 Å². The number of rotatable bonds is 2. The minimum Gasteiger partial charge on any atom is -0.313 e. The highest BCUT2D eigenvalue weighted by Gasteiger charge is 2.09. The first kappa shape index (κ1) is 9.41. The van der Waals surface area contributed by atoms with Crippen molar-refractivity contribution in [1.82, 2.24) is 10.3 Å². The molecule has 0 atom stereocenters. The van der Waals surface area contributed by atoms with Crippen molar-refractivity contribution in [2.24, 2.45) is 0 Å². The summed E-state index contributed by atoms with van der Waals surface area (Å²) in [5.41, 5.74) is 4.22. The van der Waals surface area contributed by atoms with E-state index >= 15 is 0 Å². The second kappa shape index (κ2) is 4.38. The summed E-state index contributed by atoms with van der Waals surface area (Å²) in [6, 6.07) is 6.10. The highest BCUT2D eigenvalue weighted by atomic mass is 14.9. The number of aromatic nitrogens is 1. The van der Waals surface area contributed by atoms with E-state index < -0.39 is 0 Å². The highest BCUT2D eigenvalue weighted by molar-refractivity contribution is 5.22. The monoisotopic (exact) mass is 188 g/mol. The van der Waals surface area contributed by atoms with Gasteiger partial charge in [0.25, 0.3) is 0 Å². The van der Waals surface area contributed by atoms with Crippen LogP contribution < -0.4 is 5.32 Å². The van der Waals surface area contributed by atoms with E-state index in [1.807, 2.05) is 12.3 Å². The Morgan fingerprint density at radius 2 is 2.36 bits per heavy atom. The van der Waals surface area contributed by atoms with Crippen LogP contribution in [0.15, 0.2) is 35.5 Å². The molecule has 2 nitrogen and oxygen atoms in total. The van der Waals surface area contributed by atoms with Gasteiger partial charge in [-0.2, -0.15) is 0 Å². The summed E-state index contributed by atoms with van der Waals surface area (Å²) < 4.78 is 0. The Morgan fingerprint density at radius 3 is 3.07 bits per heavy atom. The summed E-state index contributed by atoms with van der Waals surface area (Å²) in [4.78, 5) is 4.35. The van der Waals surface area contributed by atoms with Gasteiger partial charge in [-0.3, -0.25) is 4.98 Å². The molecule has 0 saturated heterocycles. The smallest absolute Gasteiger partial charge is 0.0444 e. The Labute approximate surface area is 85.1 Å². The lowest BCUT2D eigenvalue weighted by molar-refractivity contribution is 0.663. The fourth-order valence-corrected chi connectivity index (χ4v) is 1.78. The Hall–Kier alpha value is -1.15. The molecule has 2 rings (SSSR count). The van der Waals surface area contributed by atoms with E-state index in [0.717, 1.165) is 19.5 Å². The van der Waals surface area contributed by atoms with Crippen LogP contribution in [0.3, 0.4) is 0 Å². The van der Waals surface area contributed by atoms with Crippen molar-refractivity contribution in [1.29, 1.82) is 0 Å². The molecule has 0 spiro atoms. The van der Waals surface area contributed by atoms with Crippen LogP contribution in [0.4, 0.5) is 0 Å². The second-order valence-corrected chi connectivity index (χ2v) is 3.81. The van der Waals surface area contributed by atoms with Gasteiger partial charge < -0.3 is 5.32 Å². The zero-order chi connectivity index (χ0) is 9.80. The largest absolute Gasteiger partial charge is 0.313 e. The molecule has 1 aromatic rings. The van der Waals surface area contributed by atoms with E-state index in [1.165, 1.54) is 23.3 Å². The van der Waals surface area contributed by atoms with Crippen LogP contribution in [-0.2, 0) is 6.42 Å². The maximum atomic E-state index is 4.35. The molecule has 0 unspecified atom stereocenters. The molecule has 1 aliphatic rings. The van der Waals surface area contributed by atoms with Crippen molar-refractivity contribution in [3.8, 4) is 0 Å². The van der Waals surface area contributed by atoms with Gasteiger partial charge in [-0.15, -0.1) is 0 Å². The Kier molecular flexibility index (Phi) is 2.94. The summed E-state index contributed by atoms with van der Waals surface area (Å²) in [5, 5.41) is 3.40. The fourth-order valence-electron chi connectivity index (χ4n) is 1.78. The predicted molar refractivity (Wildman–Crippen MR) is 58.1 cm³/mol. The minimum atomic E-state index is 1.000. The zero-order valence-corrected chi connectivity index (χ0v) is 8.59. The normalized spacial score (nSPS) is 17.2. The third-order valence-electron chi connectivity index (χ3n) is 2.74. The average molecular weight is 188 g/mol. The van der Waals surface area contributed by atoms with Gasteiger partial charge in [-0.1, -0.05) is 17.2 Å². The van der Waals surface area contributed by atoms with E-state index in [-0.39, 0.29) is 0 Å².